The summed E-state index contributed by atoms with van der Waals surface area (Å²) in [5, 5.41) is 13.8. The third-order valence-electron chi connectivity index (χ3n) is 2.18. The molecule has 0 unspecified atom stereocenters. The molecule has 0 saturated carbocycles. The monoisotopic (exact) mass is 168 g/mol. The van der Waals surface area contributed by atoms with E-state index >= 15 is 0 Å². The molecule has 0 aliphatic rings. The quantitative estimate of drug-likeness (QED) is 0.513. The van der Waals surface area contributed by atoms with Gasteiger partial charge in [0.25, 0.3) is 0 Å². The molecule has 0 fully saturated rings. The molecule has 0 bridgehead atoms. The van der Waals surface area contributed by atoms with Crippen LogP contribution in [0.15, 0.2) is 36.4 Å². The summed E-state index contributed by atoms with van der Waals surface area (Å²) in [5.41, 5.74) is 1.75. The van der Waals surface area contributed by atoms with Crippen molar-refractivity contribution in [2.24, 2.45) is 0 Å². The molecule has 0 amide bonds. The van der Waals surface area contributed by atoms with E-state index in [-0.39, 0.29) is 0 Å². The highest BCUT2D eigenvalue weighted by molar-refractivity contribution is 6.03. The second kappa shape index (κ2) is 2.29. The van der Waals surface area contributed by atoms with Crippen LogP contribution < -0.4 is 5.21 Å². The van der Waals surface area contributed by atoms with Crippen molar-refractivity contribution in [1.82, 2.24) is 15.4 Å². The Morgan fingerprint density at radius 3 is 2.85 bits per heavy atom. The molecule has 62 valence electrons. The summed E-state index contributed by atoms with van der Waals surface area (Å²) in [6, 6.07) is 12.1. The first kappa shape index (κ1) is 6.60. The molecule has 2 aromatic carbocycles. The first-order valence-corrected chi connectivity index (χ1v) is 4.09. The fourth-order valence-corrected chi connectivity index (χ4v) is 1.54. The molecule has 0 aliphatic heterocycles. The predicted molar refractivity (Wildman–Crippen MR) is 50.4 cm³/mol. The zero-order valence-corrected chi connectivity index (χ0v) is 6.81. The summed E-state index contributed by atoms with van der Waals surface area (Å²) in [6.45, 7) is 0. The van der Waals surface area contributed by atoms with E-state index in [1.807, 2.05) is 30.3 Å². The van der Waals surface area contributed by atoms with Crippen LogP contribution in [0.25, 0.3) is 21.8 Å². The SMILES string of the molecule is c1ccc2c(c1)ccc1n[n-]nc12. The molecule has 3 nitrogen and oxygen atoms in total. The van der Waals surface area contributed by atoms with Crippen molar-refractivity contribution in [2.75, 3.05) is 0 Å². The Bertz CT molecular complexity index is 568. The van der Waals surface area contributed by atoms with Gasteiger partial charge in [0.05, 0.1) is 11.0 Å². The number of nitrogens with zero attached hydrogens (tertiary/aromatic N) is 3. The molecule has 1 heterocycles. The van der Waals surface area contributed by atoms with Crippen LogP contribution in [-0.2, 0) is 0 Å². The molecule has 0 atom stereocenters. The van der Waals surface area contributed by atoms with E-state index in [1.165, 1.54) is 5.39 Å². The van der Waals surface area contributed by atoms with Gasteiger partial charge < -0.3 is 15.4 Å². The van der Waals surface area contributed by atoms with Crippen LogP contribution in [0, 0.1) is 0 Å². The maximum absolute atomic E-state index is 3.99. The van der Waals surface area contributed by atoms with Gasteiger partial charge in [0.15, 0.2) is 0 Å². The number of fused-ring (bicyclic) bond motifs is 3. The Morgan fingerprint density at radius 1 is 0.923 bits per heavy atom. The van der Waals surface area contributed by atoms with E-state index in [0.717, 1.165) is 16.4 Å². The number of hydrogen-bond acceptors (Lipinski definition) is 2. The van der Waals surface area contributed by atoms with Crippen molar-refractivity contribution in [3.63, 3.8) is 0 Å². The average molecular weight is 168 g/mol. The van der Waals surface area contributed by atoms with Crippen LogP contribution in [0.5, 0.6) is 0 Å². The highest BCUT2D eigenvalue weighted by Gasteiger charge is 1.97. The molecule has 13 heavy (non-hydrogen) atoms. The highest BCUT2D eigenvalue weighted by atomic mass is 15.3. The Morgan fingerprint density at radius 2 is 1.85 bits per heavy atom. The van der Waals surface area contributed by atoms with Crippen LogP contribution in [-0.4, -0.2) is 10.2 Å². The van der Waals surface area contributed by atoms with E-state index in [0.29, 0.717) is 0 Å². The van der Waals surface area contributed by atoms with Crippen LogP contribution in [0.2, 0.25) is 0 Å². The molecular weight excluding hydrogens is 162 g/mol. The van der Waals surface area contributed by atoms with Gasteiger partial charge in [-0.25, -0.2) is 0 Å². The summed E-state index contributed by atoms with van der Waals surface area (Å²) in [7, 11) is 0. The van der Waals surface area contributed by atoms with E-state index in [1.54, 1.807) is 0 Å². The summed E-state index contributed by atoms with van der Waals surface area (Å²) >= 11 is 0. The maximum atomic E-state index is 3.99. The second-order valence-electron chi connectivity index (χ2n) is 2.94. The summed E-state index contributed by atoms with van der Waals surface area (Å²) < 4.78 is 0. The molecule has 0 spiro atoms. The Balaban J connectivity index is 2.65. The van der Waals surface area contributed by atoms with Gasteiger partial charge in [-0.3, -0.25) is 0 Å². The van der Waals surface area contributed by atoms with Crippen molar-refractivity contribution in [1.29, 1.82) is 0 Å². The minimum atomic E-state index is 0.860. The zero-order chi connectivity index (χ0) is 8.67. The van der Waals surface area contributed by atoms with Crippen molar-refractivity contribution < 1.29 is 0 Å². The lowest BCUT2D eigenvalue weighted by Crippen LogP contribution is -1.74. The van der Waals surface area contributed by atoms with Gasteiger partial charge in [-0.2, -0.15) is 0 Å². The van der Waals surface area contributed by atoms with Gasteiger partial charge >= 0.3 is 0 Å². The molecule has 3 aromatic rings. The molecular formula is C10H6N3-. The minimum absolute atomic E-state index is 0.860. The lowest BCUT2D eigenvalue weighted by Gasteiger charge is -1.97. The number of rotatable bonds is 0. The lowest BCUT2D eigenvalue weighted by molar-refractivity contribution is 0.929. The van der Waals surface area contributed by atoms with Crippen molar-refractivity contribution in [3.05, 3.63) is 36.4 Å². The van der Waals surface area contributed by atoms with Crippen LogP contribution in [0.3, 0.4) is 0 Å². The topological polar surface area (TPSA) is 39.9 Å². The van der Waals surface area contributed by atoms with Crippen LogP contribution >= 0.6 is 0 Å². The van der Waals surface area contributed by atoms with Gasteiger partial charge in [-0.1, -0.05) is 30.3 Å². The van der Waals surface area contributed by atoms with Gasteiger partial charge in [0.2, 0.25) is 0 Å². The number of benzene rings is 2. The molecule has 0 aliphatic carbocycles. The third kappa shape index (κ3) is 0.839. The molecule has 1 aromatic heterocycles. The summed E-state index contributed by atoms with van der Waals surface area (Å²) in [6.07, 6.45) is 0. The largest absolute Gasteiger partial charge is 0.492 e. The summed E-state index contributed by atoms with van der Waals surface area (Å²) in [4.78, 5) is 0. The molecule has 0 radical (unpaired) electrons. The first-order valence-electron chi connectivity index (χ1n) is 4.09. The van der Waals surface area contributed by atoms with Crippen molar-refractivity contribution in [3.8, 4) is 0 Å². The second-order valence-corrected chi connectivity index (χ2v) is 2.94. The fourth-order valence-electron chi connectivity index (χ4n) is 1.54. The van der Waals surface area contributed by atoms with Crippen molar-refractivity contribution in [2.45, 2.75) is 0 Å². The zero-order valence-electron chi connectivity index (χ0n) is 6.81. The average Bonchev–Trinajstić information content (AvgIpc) is 2.65. The van der Waals surface area contributed by atoms with Gasteiger partial charge in [0.1, 0.15) is 0 Å². The highest BCUT2D eigenvalue weighted by Crippen LogP contribution is 2.20. The van der Waals surface area contributed by atoms with Gasteiger partial charge in [-0.05, 0) is 11.5 Å². The standard InChI is InChI=1S/C10H6N3/c1-2-4-8-7(3-1)5-6-9-10(8)12-13-11-9/h1-6H/q-1. The Labute approximate surface area is 74.4 Å². The maximum Gasteiger partial charge on any atom is 0.0744 e. The normalized spacial score (nSPS) is 11.1. The molecule has 3 rings (SSSR count). The number of hydrogen-bond donors (Lipinski definition) is 0. The van der Waals surface area contributed by atoms with E-state index in [9.17, 15) is 0 Å². The third-order valence-corrected chi connectivity index (χ3v) is 2.18. The Kier molecular flexibility index (Phi) is 1.16. The fraction of sp³-hybridized carbons (Fsp3) is 0. The minimum Gasteiger partial charge on any atom is -0.492 e. The molecule has 0 N–H and O–H groups in total. The lowest BCUT2D eigenvalue weighted by atomic mass is 10.1. The first-order chi connectivity index (χ1) is 6.45. The predicted octanol–water partition coefficient (Wildman–Crippen LogP) is 1.74. The van der Waals surface area contributed by atoms with E-state index in [2.05, 4.69) is 21.5 Å². The van der Waals surface area contributed by atoms with E-state index in [4.69, 9.17) is 0 Å². The van der Waals surface area contributed by atoms with Gasteiger partial charge in [-0.15, -0.1) is 0 Å². The number of aromatic nitrogens is 3. The van der Waals surface area contributed by atoms with E-state index < -0.39 is 0 Å². The van der Waals surface area contributed by atoms with Gasteiger partial charge in [0, 0.05) is 5.39 Å². The van der Waals surface area contributed by atoms with Crippen LogP contribution in [0.4, 0.5) is 0 Å². The summed E-state index contributed by atoms with van der Waals surface area (Å²) in [5.74, 6) is 0. The van der Waals surface area contributed by atoms with Crippen molar-refractivity contribution >= 4 is 21.8 Å². The van der Waals surface area contributed by atoms with Crippen LogP contribution in [0.1, 0.15) is 0 Å². The smallest absolute Gasteiger partial charge is 0.0744 e. The Hall–Kier alpha value is -1.90. The molecule has 3 heteroatoms. The molecule has 0 saturated heterocycles.